The Bertz CT molecular complexity index is 430. The number of nitrogens with zero attached hydrogens (tertiary/aromatic N) is 3. The molecule has 20 heavy (non-hydrogen) atoms. The molecule has 2 rings (SSSR count). The van der Waals surface area contributed by atoms with Crippen LogP contribution in [0, 0.1) is 0 Å². The zero-order chi connectivity index (χ0) is 14.5. The van der Waals surface area contributed by atoms with Gasteiger partial charge in [-0.2, -0.15) is 5.10 Å². The van der Waals surface area contributed by atoms with Gasteiger partial charge in [0.15, 0.2) is 0 Å². The topological polar surface area (TPSA) is 33.1 Å². The molecular weight excluding hydrogens is 272 g/mol. The monoisotopic (exact) mass is 298 g/mol. The van der Waals surface area contributed by atoms with Crippen LogP contribution in [0.2, 0.25) is 5.02 Å². The van der Waals surface area contributed by atoms with E-state index in [4.69, 9.17) is 11.6 Å². The maximum absolute atomic E-state index is 6.46. The van der Waals surface area contributed by atoms with Crippen LogP contribution in [0.3, 0.4) is 0 Å². The molecule has 1 aromatic rings. The Hall–Kier alpha value is -0.580. The Kier molecular flexibility index (Phi) is 5.87. The standard InChI is InChI=1S/C15H27ClN4/c1-4-7-12-10-20(9-6-8-17-12)11-14-15(16)13(5-2)18-19(14)3/h12,17H,4-11H2,1-3H3. The maximum Gasteiger partial charge on any atom is 0.0863 e. The number of halogens is 1. The SMILES string of the molecule is CCCC1CN(Cc2c(Cl)c(CC)nn2C)CCCN1. The number of hydrogen-bond donors (Lipinski definition) is 1. The van der Waals surface area contributed by atoms with Crippen molar-refractivity contribution in [1.29, 1.82) is 0 Å². The number of aromatic nitrogens is 2. The van der Waals surface area contributed by atoms with Gasteiger partial charge in [-0.15, -0.1) is 0 Å². The van der Waals surface area contributed by atoms with Gasteiger partial charge in [0.1, 0.15) is 0 Å². The van der Waals surface area contributed by atoms with Crippen molar-refractivity contribution in [3.63, 3.8) is 0 Å². The van der Waals surface area contributed by atoms with E-state index in [9.17, 15) is 0 Å². The molecule has 1 atom stereocenters. The van der Waals surface area contributed by atoms with Crippen LogP contribution in [0.5, 0.6) is 0 Å². The molecule has 0 saturated carbocycles. The average Bonchev–Trinajstić information content (AvgIpc) is 2.61. The zero-order valence-corrected chi connectivity index (χ0v) is 13.7. The number of rotatable bonds is 5. The fraction of sp³-hybridized carbons (Fsp3) is 0.800. The van der Waals surface area contributed by atoms with E-state index in [0.29, 0.717) is 6.04 Å². The lowest BCUT2D eigenvalue weighted by Crippen LogP contribution is -2.37. The van der Waals surface area contributed by atoms with Crippen LogP contribution in [0.15, 0.2) is 0 Å². The van der Waals surface area contributed by atoms with Gasteiger partial charge >= 0.3 is 0 Å². The molecule has 0 aromatic carbocycles. The smallest absolute Gasteiger partial charge is 0.0863 e. The van der Waals surface area contributed by atoms with Crippen molar-refractivity contribution in [3.05, 3.63) is 16.4 Å². The van der Waals surface area contributed by atoms with E-state index in [2.05, 4.69) is 29.2 Å². The summed E-state index contributed by atoms with van der Waals surface area (Å²) in [5, 5.41) is 9.02. The Balaban J connectivity index is 2.06. The molecule has 1 aromatic heterocycles. The predicted molar refractivity (Wildman–Crippen MR) is 84.2 cm³/mol. The van der Waals surface area contributed by atoms with Crippen molar-refractivity contribution in [2.24, 2.45) is 7.05 Å². The van der Waals surface area contributed by atoms with E-state index in [1.807, 2.05) is 11.7 Å². The van der Waals surface area contributed by atoms with Crippen molar-refractivity contribution < 1.29 is 0 Å². The molecule has 2 heterocycles. The van der Waals surface area contributed by atoms with Crippen LogP contribution < -0.4 is 5.32 Å². The third-order valence-electron chi connectivity index (χ3n) is 4.08. The Morgan fingerprint density at radius 1 is 1.40 bits per heavy atom. The first kappa shape index (κ1) is 15.8. The van der Waals surface area contributed by atoms with Crippen molar-refractivity contribution in [2.45, 2.75) is 52.1 Å². The third-order valence-corrected chi connectivity index (χ3v) is 4.51. The van der Waals surface area contributed by atoms with Crippen LogP contribution in [0.4, 0.5) is 0 Å². The van der Waals surface area contributed by atoms with Gasteiger partial charge in [-0.05, 0) is 32.4 Å². The largest absolute Gasteiger partial charge is 0.313 e. The second-order valence-electron chi connectivity index (χ2n) is 5.71. The first-order valence-electron chi connectivity index (χ1n) is 7.81. The summed E-state index contributed by atoms with van der Waals surface area (Å²) in [6.07, 6.45) is 4.58. The van der Waals surface area contributed by atoms with Crippen LogP contribution in [-0.2, 0) is 20.0 Å². The molecule has 1 saturated heterocycles. The molecule has 1 N–H and O–H groups in total. The molecule has 114 valence electrons. The molecule has 0 radical (unpaired) electrons. The molecule has 0 spiro atoms. The van der Waals surface area contributed by atoms with Gasteiger partial charge in [0.2, 0.25) is 0 Å². The van der Waals surface area contributed by atoms with Gasteiger partial charge in [0, 0.05) is 26.2 Å². The van der Waals surface area contributed by atoms with Gasteiger partial charge in [0.05, 0.1) is 16.4 Å². The molecule has 1 aliphatic rings. The van der Waals surface area contributed by atoms with E-state index >= 15 is 0 Å². The van der Waals surface area contributed by atoms with Crippen LogP contribution >= 0.6 is 11.6 Å². The fourth-order valence-electron chi connectivity index (χ4n) is 2.97. The summed E-state index contributed by atoms with van der Waals surface area (Å²) in [5.41, 5.74) is 2.17. The molecule has 0 aliphatic carbocycles. The Morgan fingerprint density at radius 2 is 2.20 bits per heavy atom. The van der Waals surface area contributed by atoms with E-state index in [0.717, 1.165) is 49.0 Å². The molecule has 4 nitrogen and oxygen atoms in total. The van der Waals surface area contributed by atoms with E-state index < -0.39 is 0 Å². The molecule has 0 amide bonds. The normalized spacial score (nSPS) is 21.1. The van der Waals surface area contributed by atoms with Crippen molar-refractivity contribution in [3.8, 4) is 0 Å². The number of nitrogens with one attached hydrogen (secondary N) is 1. The highest BCUT2D eigenvalue weighted by Crippen LogP contribution is 2.22. The summed E-state index contributed by atoms with van der Waals surface area (Å²) in [4.78, 5) is 2.52. The number of aryl methyl sites for hydroxylation is 2. The fourth-order valence-corrected chi connectivity index (χ4v) is 3.32. The van der Waals surface area contributed by atoms with Gasteiger partial charge in [-0.1, -0.05) is 31.9 Å². The second-order valence-corrected chi connectivity index (χ2v) is 6.09. The summed E-state index contributed by atoms with van der Waals surface area (Å²) < 4.78 is 1.95. The average molecular weight is 299 g/mol. The molecule has 1 fully saturated rings. The molecule has 1 unspecified atom stereocenters. The lowest BCUT2D eigenvalue weighted by Gasteiger charge is -2.24. The van der Waals surface area contributed by atoms with Gasteiger partial charge in [-0.3, -0.25) is 9.58 Å². The lowest BCUT2D eigenvalue weighted by molar-refractivity contribution is 0.248. The maximum atomic E-state index is 6.46. The second kappa shape index (κ2) is 7.43. The third kappa shape index (κ3) is 3.74. The predicted octanol–water partition coefficient (Wildman–Crippen LogP) is 2.60. The summed E-state index contributed by atoms with van der Waals surface area (Å²) in [5.74, 6) is 0. The minimum absolute atomic E-state index is 0.611. The van der Waals surface area contributed by atoms with Crippen molar-refractivity contribution in [2.75, 3.05) is 19.6 Å². The molecule has 0 bridgehead atoms. The van der Waals surface area contributed by atoms with Gasteiger partial charge in [-0.25, -0.2) is 0 Å². The van der Waals surface area contributed by atoms with E-state index in [1.165, 1.54) is 19.3 Å². The molecule has 5 heteroatoms. The van der Waals surface area contributed by atoms with Gasteiger partial charge in [0.25, 0.3) is 0 Å². The summed E-state index contributed by atoms with van der Waals surface area (Å²) >= 11 is 6.46. The molecular formula is C15H27ClN4. The van der Waals surface area contributed by atoms with Gasteiger partial charge < -0.3 is 5.32 Å². The van der Waals surface area contributed by atoms with E-state index in [-0.39, 0.29) is 0 Å². The highest BCUT2D eigenvalue weighted by atomic mass is 35.5. The van der Waals surface area contributed by atoms with E-state index in [1.54, 1.807) is 0 Å². The van der Waals surface area contributed by atoms with Crippen LogP contribution in [0.25, 0.3) is 0 Å². The zero-order valence-electron chi connectivity index (χ0n) is 13.0. The van der Waals surface area contributed by atoms with Crippen molar-refractivity contribution >= 4 is 11.6 Å². The first-order chi connectivity index (χ1) is 9.65. The summed E-state index contributed by atoms with van der Waals surface area (Å²) in [6.45, 7) is 8.63. The molecule has 1 aliphatic heterocycles. The Labute approximate surface area is 127 Å². The van der Waals surface area contributed by atoms with Crippen LogP contribution in [-0.4, -0.2) is 40.4 Å². The van der Waals surface area contributed by atoms with Crippen LogP contribution in [0.1, 0.15) is 44.5 Å². The number of hydrogen-bond acceptors (Lipinski definition) is 3. The minimum atomic E-state index is 0.611. The summed E-state index contributed by atoms with van der Waals surface area (Å²) in [7, 11) is 2.00. The minimum Gasteiger partial charge on any atom is -0.313 e. The highest BCUT2D eigenvalue weighted by Gasteiger charge is 2.20. The first-order valence-corrected chi connectivity index (χ1v) is 8.19. The Morgan fingerprint density at radius 3 is 2.85 bits per heavy atom. The quantitative estimate of drug-likeness (QED) is 0.907. The summed E-state index contributed by atoms with van der Waals surface area (Å²) in [6, 6.07) is 0.611. The lowest BCUT2D eigenvalue weighted by atomic mass is 10.1. The highest BCUT2D eigenvalue weighted by molar-refractivity contribution is 6.31. The van der Waals surface area contributed by atoms with Crippen molar-refractivity contribution in [1.82, 2.24) is 20.0 Å².